The van der Waals surface area contributed by atoms with Crippen LogP contribution in [0.4, 0.5) is 0 Å². The van der Waals surface area contributed by atoms with E-state index in [1.165, 1.54) is 6.42 Å². The van der Waals surface area contributed by atoms with Crippen LogP contribution in [-0.2, 0) is 9.47 Å². The molecule has 0 bridgehead atoms. The van der Waals surface area contributed by atoms with Crippen LogP contribution in [-0.4, -0.2) is 19.0 Å². The standard InChI is InChI=1S/C9H20O2/c1-5-6-7-10-9(4)11-8(2)3/h8-9H,5-7H2,1-4H3. The normalized spacial score (nSPS) is 13.9. The van der Waals surface area contributed by atoms with E-state index in [1.807, 2.05) is 20.8 Å². The highest BCUT2D eigenvalue weighted by molar-refractivity contribution is 4.39. The Morgan fingerprint density at radius 3 is 2.27 bits per heavy atom. The van der Waals surface area contributed by atoms with Crippen LogP contribution in [0.15, 0.2) is 0 Å². The molecular formula is C9H20O2. The van der Waals surface area contributed by atoms with Crippen molar-refractivity contribution >= 4 is 0 Å². The highest BCUT2D eigenvalue weighted by atomic mass is 16.7. The van der Waals surface area contributed by atoms with Crippen molar-refractivity contribution in [3.63, 3.8) is 0 Å². The molecule has 1 unspecified atom stereocenters. The second-order valence-corrected chi connectivity index (χ2v) is 2.98. The Hall–Kier alpha value is -0.0800. The Kier molecular flexibility index (Phi) is 6.57. The first-order valence-electron chi connectivity index (χ1n) is 4.43. The van der Waals surface area contributed by atoms with Gasteiger partial charge in [-0.1, -0.05) is 13.3 Å². The van der Waals surface area contributed by atoms with Crippen LogP contribution in [0.1, 0.15) is 40.5 Å². The molecule has 0 aromatic rings. The molecular weight excluding hydrogens is 140 g/mol. The van der Waals surface area contributed by atoms with E-state index in [1.54, 1.807) is 0 Å². The van der Waals surface area contributed by atoms with Crippen molar-refractivity contribution in [1.82, 2.24) is 0 Å². The lowest BCUT2D eigenvalue weighted by Gasteiger charge is -2.16. The average molecular weight is 160 g/mol. The average Bonchev–Trinajstić information content (AvgIpc) is 1.86. The quantitative estimate of drug-likeness (QED) is 0.439. The van der Waals surface area contributed by atoms with E-state index in [0.29, 0.717) is 0 Å². The van der Waals surface area contributed by atoms with Crippen molar-refractivity contribution in [3.8, 4) is 0 Å². The van der Waals surface area contributed by atoms with E-state index >= 15 is 0 Å². The molecule has 68 valence electrons. The number of rotatable bonds is 6. The van der Waals surface area contributed by atoms with Crippen LogP contribution in [0, 0.1) is 0 Å². The zero-order valence-electron chi connectivity index (χ0n) is 8.09. The molecule has 0 N–H and O–H groups in total. The first-order chi connectivity index (χ1) is 5.16. The minimum atomic E-state index is -0.0541. The van der Waals surface area contributed by atoms with Gasteiger partial charge in [0.1, 0.15) is 0 Å². The van der Waals surface area contributed by atoms with Crippen LogP contribution < -0.4 is 0 Å². The SMILES string of the molecule is CCCCOC(C)OC(C)C. The van der Waals surface area contributed by atoms with Gasteiger partial charge in [0.15, 0.2) is 6.29 Å². The first-order valence-corrected chi connectivity index (χ1v) is 4.43. The molecule has 2 heteroatoms. The number of hydrogen-bond acceptors (Lipinski definition) is 2. The molecule has 0 aromatic carbocycles. The summed E-state index contributed by atoms with van der Waals surface area (Å²) in [7, 11) is 0. The van der Waals surface area contributed by atoms with Crippen molar-refractivity contribution in [3.05, 3.63) is 0 Å². The fourth-order valence-electron chi connectivity index (χ4n) is 0.816. The number of ether oxygens (including phenoxy) is 2. The zero-order chi connectivity index (χ0) is 8.69. The predicted molar refractivity (Wildman–Crippen MR) is 46.5 cm³/mol. The molecule has 0 saturated heterocycles. The first kappa shape index (κ1) is 10.9. The molecule has 0 aliphatic carbocycles. The molecule has 0 aliphatic rings. The number of unbranched alkanes of at least 4 members (excludes halogenated alkanes) is 1. The molecule has 0 amide bonds. The van der Waals surface area contributed by atoms with E-state index in [0.717, 1.165) is 13.0 Å². The van der Waals surface area contributed by atoms with Crippen LogP contribution in [0.25, 0.3) is 0 Å². The van der Waals surface area contributed by atoms with Crippen molar-refractivity contribution < 1.29 is 9.47 Å². The Bertz CT molecular complexity index is 81.6. The third kappa shape index (κ3) is 7.82. The minimum absolute atomic E-state index is 0.0541. The summed E-state index contributed by atoms with van der Waals surface area (Å²) in [5, 5.41) is 0. The van der Waals surface area contributed by atoms with Gasteiger partial charge in [-0.15, -0.1) is 0 Å². The van der Waals surface area contributed by atoms with E-state index in [2.05, 4.69) is 6.92 Å². The molecule has 2 nitrogen and oxygen atoms in total. The second kappa shape index (κ2) is 6.62. The van der Waals surface area contributed by atoms with Gasteiger partial charge >= 0.3 is 0 Å². The summed E-state index contributed by atoms with van der Waals surface area (Å²) in [5.41, 5.74) is 0. The summed E-state index contributed by atoms with van der Waals surface area (Å²) in [6.45, 7) is 8.93. The van der Waals surface area contributed by atoms with Crippen molar-refractivity contribution in [2.45, 2.75) is 52.9 Å². The Morgan fingerprint density at radius 1 is 1.18 bits per heavy atom. The molecule has 11 heavy (non-hydrogen) atoms. The van der Waals surface area contributed by atoms with E-state index in [9.17, 15) is 0 Å². The highest BCUT2D eigenvalue weighted by Gasteiger charge is 2.02. The van der Waals surface area contributed by atoms with Crippen molar-refractivity contribution in [2.24, 2.45) is 0 Å². The topological polar surface area (TPSA) is 18.5 Å². The smallest absolute Gasteiger partial charge is 0.155 e. The molecule has 0 heterocycles. The highest BCUT2D eigenvalue weighted by Crippen LogP contribution is 2.00. The summed E-state index contributed by atoms with van der Waals surface area (Å²) >= 11 is 0. The van der Waals surface area contributed by atoms with Gasteiger partial charge in [0.05, 0.1) is 6.10 Å². The van der Waals surface area contributed by atoms with Gasteiger partial charge in [-0.3, -0.25) is 0 Å². The summed E-state index contributed by atoms with van der Waals surface area (Å²) in [5.74, 6) is 0. The third-order valence-electron chi connectivity index (χ3n) is 1.31. The van der Waals surface area contributed by atoms with Gasteiger partial charge in [-0.25, -0.2) is 0 Å². The van der Waals surface area contributed by atoms with Crippen LogP contribution >= 0.6 is 0 Å². The fraction of sp³-hybridized carbons (Fsp3) is 1.00. The maximum absolute atomic E-state index is 5.37. The molecule has 0 spiro atoms. The molecule has 0 saturated carbocycles. The molecule has 0 fully saturated rings. The Labute approximate surface area is 69.9 Å². The lowest BCUT2D eigenvalue weighted by molar-refractivity contribution is -0.151. The number of hydrogen-bond donors (Lipinski definition) is 0. The third-order valence-corrected chi connectivity index (χ3v) is 1.31. The van der Waals surface area contributed by atoms with Crippen LogP contribution in [0.5, 0.6) is 0 Å². The fourth-order valence-corrected chi connectivity index (χ4v) is 0.816. The van der Waals surface area contributed by atoms with Gasteiger partial charge in [0, 0.05) is 6.61 Å². The molecule has 0 aliphatic heterocycles. The monoisotopic (exact) mass is 160 g/mol. The lowest BCUT2D eigenvalue weighted by Crippen LogP contribution is -2.18. The summed E-state index contributed by atoms with van der Waals surface area (Å²) in [6.07, 6.45) is 2.49. The molecule has 1 atom stereocenters. The molecule has 0 radical (unpaired) electrons. The van der Waals surface area contributed by atoms with Gasteiger partial charge in [-0.05, 0) is 27.2 Å². The van der Waals surface area contributed by atoms with Crippen molar-refractivity contribution in [1.29, 1.82) is 0 Å². The lowest BCUT2D eigenvalue weighted by atomic mass is 10.4. The van der Waals surface area contributed by atoms with Crippen molar-refractivity contribution in [2.75, 3.05) is 6.61 Å². The summed E-state index contributed by atoms with van der Waals surface area (Å²) in [6, 6.07) is 0. The Morgan fingerprint density at radius 2 is 1.82 bits per heavy atom. The maximum Gasteiger partial charge on any atom is 0.155 e. The maximum atomic E-state index is 5.37. The van der Waals surface area contributed by atoms with E-state index in [4.69, 9.17) is 9.47 Å². The van der Waals surface area contributed by atoms with Gasteiger partial charge in [-0.2, -0.15) is 0 Å². The van der Waals surface area contributed by atoms with Gasteiger partial charge in [0.2, 0.25) is 0 Å². The van der Waals surface area contributed by atoms with Crippen LogP contribution in [0.2, 0.25) is 0 Å². The van der Waals surface area contributed by atoms with E-state index in [-0.39, 0.29) is 12.4 Å². The minimum Gasteiger partial charge on any atom is -0.353 e. The summed E-state index contributed by atoms with van der Waals surface area (Å²) in [4.78, 5) is 0. The van der Waals surface area contributed by atoms with Crippen LogP contribution in [0.3, 0.4) is 0 Å². The Balaban J connectivity index is 3.15. The second-order valence-electron chi connectivity index (χ2n) is 2.98. The van der Waals surface area contributed by atoms with Gasteiger partial charge < -0.3 is 9.47 Å². The summed E-state index contributed by atoms with van der Waals surface area (Å²) < 4.78 is 10.7. The zero-order valence-corrected chi connectivity index (χ0v) is 8.09. The van der Waals surface area contributed by atoms with Gasteiger partial charge in [0.25, 0.3) is 0 Å². The molecule has 0 rings (SSSR count). The molecule has 0 aromatic heterocycles. The predicted octanol–water partition coefficient (Wildman–Crippen LogP) is 2.57. The largest absolute Gasteiger partial charge is 0.353 e. The van der Waals surface area contributed by atoms with E-state index < -0.39 is 0 Å².